The normalized spacial score (nSPS) is 14.7. The Labute approximate surface area is 182 Å². The highest BCUT2D eigenvalue weighted by molar-refractivity contribution is 6.43. The van der Waals surface area contributed by atoms with E-state index >= 15 is 0 Å². The molecule has 1 heterocycles. The molecule has 0 N–H and O–H groups in total. The molecule has 0 aliphatic carbocycles. The van der Waals surface area contributed by atoms with Gasteiger partial charge in [-0.1, -0.05) is 52.8 Å². The van der Waals surface area contributed by atoms with Crippen LogP contribution in [-0.4, -0.2) is 44.8 Å². The molecule has 1 aliphatic rings. The van der Waals surface area contributed by atoms with Crippen molar-refractivity contribution in [2.45, 2.75) is 26.9 Å². The first-order valence-electron chi connectivity index (χ1n) is 10.2. The number of carbonyl (C=O) groups is 1. The molecule has 0 amide bonds. The van der Waals surface area contributed by atoms with E-state index in [-0.39, 0.29) is 12.3 Å². The van der Waals surface area contributed by atoms with Gasteiger partial charge in [0, 0.05) is 17.0 Å². The Bertz CT molecular complexity index is 962. The molecule has 1 saturated heterocycles. The van der Waals surface area contributed by atoms with Crippen molar-refractivity contribution in [3.8, 4) is 0 Å². The van der Waals surface area contributed by atoms with Gasteiger partial charge in [0.2, 0.25) is 0 Å². The lowest BCUT2D eigenvalue weighted by Crippen LogP contribution is -2.29. The van der Waals surface area contributed by atoms with Crippen LogP contribution >= 0.6 is 0 Å². The van der Waals surface area contributed by atoms with E-state index in [2.05, 4.69) is 34.6 Å². The molecule has 0 bridgehead atoms. The lowest BCUT2D eigenvalue weighted by atomic mass is 9.97. The number of hydrogen-bond donors (Lipinski definition) is 0. The molecule has 164 valence electrons. The molecule has 2 aromatic rings. The highest BCUT2D eigenvalue weighted by atomic mass is 16.6. The van der Waals surface area contributed by atoms with Crippen molar-refractivity contribution in [2.75, 3.05) is 27.4 Å². The minimum absolute atomic E-state index is 0.0838. The van der Waals surface area contributed by atoms with E-state index in [1.165, 1.54) is 19.8 Å². The van der Waals surface area contributed by atoms with Crippen LogP contribution in [0.4, 0.5) is 0 Å². The molecule has 0 saturated carbocycles. The third-order valence-corrected chi connectivity index (χ3v) is 5.24. The zero-order valence-corrected chi connectivity index (χ0v) is 18.4. The van der Waals surface area contributed by atoms with Gasteiger partial charge in [0.15, 0.2) is 5.71 Å². The minimum atomic E-state index is -0.582. The molecule has 1 fully saturated rings. The Balaban J connectivity index is 1.71. The van der Waals surface area contributed by atoms with Gasteiger partial charge in [-0.05, 0) is 37.0 Å². The van der Waals surface area contributed by atoms with Crippen molar-refractivity contribution >= 4 is 17.4 Å². The summed E-state index contributed by atoms with van der Waals surface area (Å²) in [4.78, 5) is 22.6. The van der Waals surface area contributed by atoms with Gasteiger partial charge in [-0.25, -0.2) is 4.79 Å². The zero-order valence-electron chi connectivity index (χ0n) is 18.4. The quantitative estimate of drug-likeness (QED) is 0.349. The zero-order chi connectivity index (χ0) is 22.2. The van der Waals surface area contributed by atoms with Gasteiger partial charge in [-0.2, -0.15) is 0 Å². The number of esters is 1. The fourth-order valence-electron chi connectivity index (χ4n) is 3.36. The first kappa shape index (κ1) is 22.5. The number of methoxy groups -OCH3 is 1. The highest BCUT2D eigenvalue weighted by Gasteiger charge is 2.21. The number of aryl methyl sites for hydroxylation is 1. The summed E-state index contributed by atoms with van der Waals surface area (Å²) in [6.45, 7) is 5.72. The fourth-order valence-corrected chi connectivity index (χ4v) is 3.36. The van der Waals surface area contributed by atoms with Crippen LogP contribution < -0.4 is 0 Å². The summed E-state index contributed by atoms with van der Waals surface area (Å²) in [5.74, 6) is 0.0470. The SMILES string of the molecule is CO/N=C(/C(=O)OC)c1cccc(C)c1CO/N=C(\C)c1ccc(CC2COC2)cc1. The summed E-state index contributed by atoms with van der Waals surface area (Å²) in [5.41, 5.74) is 5.47. The van der Waals surface area contributed by atoms with Crippen molar-refractivity contribution in [1.82, 2.24) is 0 Å². The average Bonchev–Trinajstić information content (AvgIpc) is 2.75. The monoisotopic (exact) mass is 424 g/mol. The molecule has 31 heavy (non-hydrogen) atoms. The van der Waals surface area contributed by atoms with Crippen LogP contribution in [0.1, 0.15) is 34.7 Å². The van der Waals surface area contributed by atoms with E-state index in [1.807, 2.05) is 26.0 Å². The van der Waals surface area contributed by atoms with Gasteiger partial charge < -0.3 is 19.1 Å². The van der Waals surface area contributed by atoms with E-state index in [0.717, 1.165) is 42.0 Å². The molecule has 0 spiro atoms. The number of nitrogens with zero attached hydrogens (tertiary/aromatic N) is 2. The second-order valence-electron chi connectivity index (χ2n) is 7.47. The van der Waals surface area contributed by atoms with Crippen LogP contribution in [0.25, 0.3) is 0 Å². The van der Waals surface area contributed by atoms with Crippen molar-refractivity contribution in [3.63, 3.8) is 0 Å². The first-order valence-corrected chi connectivity index (χ1v) is 10.2. The summed E-state index contributed by atoms with van der Waals surface area (Å²) >= 11 is 0. The van der Waals surface area contributed by atoms with Gasteiger partial charge in [0.25, 0.3) is 0 Å². The second-order valence-corrected chi connectivity index (χ2v) is 7.47. The fraction of sp³-hybridized carbons (Fsp3) is 0.375. The molecule has 0 unspecified atom stereocenters. The van der Waals surface area contributed by atoms with Gasteiger partial charge >= 0.3 is 5.97 Å². The smallest absolute Gasteiger partial charge is 0.360 e. The molecular formula is C24H28N2O5. The van der Waals surface area contributed by atoms with Crippen LogP contribution in [0, 0.1) is 12.8 Å². The number of oxime groups is 2. The Kier molecular flexibility index (Phi) is 7.78. The molecule has 7 nitrogen and oxygen atoms in total. The van der Waals surface area contributed by atoms with Gasteiger partial charge in [-0.3, -0.25) is 0 Å². The van der Waals surface area contributed by atoms with E-state index in [9.17, 15) is 4.79 Å². The predicted octanol–water partition coefficient (Wildman–Crippen LogP) is 3.65. The van der Waals surface area contributed by atoms with Gasteiger partial charge in [0.1, 0.15) is 13.7 Å². The molecule has 0 atom stereocenters. The van der Waals surface area contributed by atoms with E-state index < -0.39 is 5.97 Å². The van der Waals surface area contributed by atoms with E-state index in [1.54, 1.807) is 6.07 Å². The summed E-state index contributed by atoms with van der Waals surface area (Å²) < 4.78 is 10.1. The standard InChI is InChI=1S/C24H28N2O5/c1-16-6-5-7-21(23(26-29-4)24(27)28-3)22(16)15-31-25-17(2)20-10-8-18(9-11-20)12-19-13-30-14-19/h5-11,19H,12-15H2,1-4H3/b25-17+,26-23+. The number of ether oxygens (including phenoxy) is 2. The summed E-state index contributed by atoms with van der Waals surface area (Å²) in [7, 11) is 2.69. The van der Waals surface area contributed by atoms with Gasteiger partial charge in [0.05, 0.1) is 26.0 Å². The van der Waals surface area contributed by atoms with Crippen molar-refractivity contribution in [2.24, 2.45) is 16.2 Å². The maximum atomic E-state index is 12.1. The van der Waals surface area contributed by atoms with Crippen LogP contribution in [0.5, 0.6) is 0 Å². The molecule has 0 radical (unpaired) electrons. The average molecular weight is 424 g/mol. The van der Waals surface area contributed by atoms with Crippen LogP contribution in [0.3, 0.4) is 0 Å². The van der Waals surface area contributed by atoms with Crippen molar-refractivity contribution < 1.29 is 23.9 Å². The van der Waals surface area contributed by atoms with E-state index in [4.69, 9.17) is 19.1 Å². The molecule has 0 aromatic heterocycles. The van der Waals surface area contributed by atoms with Crippen LogP contribution in [-0.2, 0) is 37.0 Å². The molecule has 3 rings (SSSR count). The van der Waals surface area contributed by atoms with Crippen LogP contribution in [0.2, 0.25) is 0 Å². The summed E-state index contributed by atoms with van der Waals surface area (Å²) in [6.07, 6.45) is 1.04. The molecule has 1 aliphatic heterocycles. The molecule has 2 aromatic carbocycles. The minimum Gasteiger partial charge on any atom is -0.464 e. The highest BCUT2D eigenvalue weighted by Crippen LogP contribution is 2.19. The first-order chi connectivity index (χ1) is 15.0. The number of carbonyl (C=O) groups excluding carboxylic acids is 1. The maximum absolute atomic E-state index is 12.1. The third-order valence-electron chi connectivity index (χ3n) is 5.24. The lowest BCUT2D eigenvalue weighted by Gasteiger charge is -2.25. The maximum Gasteiger partial charge on any atom is 0.360 e. The molecule has 7 heteroatoms. The number of rotatable bonds is 9. The molecular weight excluding hydrogens is 396 g/mol. The summed E-state index contributed by atoms with van der Waals surface area (Å²) in [6, 6.07) is 13.9. The Morgan fingerprint density at radius 3 is 2.45 bits per heavy atom. The number of benzene rings is 2. The van der Waals surface area contributed by atoms with Crippen molar-refractivity contribution in [1.29, 1.82) is 0 Å². The third kappa shape index (κ3) is 5.70. The predicted molar refractivity (Wildman–Crippen MR) is 118 cm³/mol. The van der Waals surface area contributed by atoms with E-state index in [0.29, 0.717) is 11.5 Å². The Hall–Kier alpha value is -3.19. The van der Waals surface area contributed by atoms with Crippen LogP contribution in [0.15, 0.2) is 52.8 Å². The summed E-state index contributed by atoms with van der Waals surface area (Å²) in [5, 5.41) is 8.11. The Morgan fingerprint density at radius 2 is 1.84 bits per heavy atom. The largest absolute Gasteiger partial charge is 0.464 e. The second kappa shape index (κ2) is 10.7. The topological polar surface area (TPSA) is 78.7 Å². The van der Waals surface area contributed by atoms with Crippen molar-refractivity contribution in [3.05, 3.63) is 70.3 Å². The number of hydrogen-bond acceptors (Lipinski definition) is 7. The Morgan fingerprint density at radius 1 is 1.10 bits per heavy atom. The van der Waals surface area contributed by atoms with Gasteiger partial charge in [-0.15, -0.1) is 0 Å². The lowest BCUT2D eigenvalue weighted by molar-refractivity contribution is -0.132.